The van der Waals surface area contributed by atoms with Crippen molar-refractivity contribution in [3.63, 3.8) is 0 Å². The molecule has 2 aromatic carbocycles. The second-order valence-electron chi connectivity index (χ2n) is 7.11. The molecule has 0 N–H and O–H groups in total. The van der Waals surface area contributed by atoms with Gasteiger partial charge in [0.05, 0.1) is 28.4 Å². The first-order valence-electron chi connectivity index (χ1n) is 10.0. The molecule has 2 rings (SSSR count). The van der Waals surface area contributed by atoms with Crippen LogP contribution in [0.5, 0.6) is 23.0 Å². The Balaban J connectivity index is 2.79. The van der Waals surface area contributed by atoms with Gasteiger partial charge in [-0.25, -0.2) is 0 Å². The molecule has 0 spiro atoms. The molecule has 0 saturated heterocycles. The Labute approximate surface area is 188 Å². The molecule has 8 heteroatoms. The summed E-state index contributed by atoms with van der Waals surface area (Å²) in [5, 5.41) is 0. The van der Waals surface area contributed by atoms with E-state index >= 15 is 0 Å². The Morgan fingerprint density at radius 2 is 1.16 bits per heavy atom. The lowest BCUT2D eigenvalue weighted by atomic mass is 10.2. The van der Waals surface area contributed by atoms with Gasteiger partial charge in [-0.2, -0.15) is 0 Å². The van der Waals surface area contributed by atoms with E-state index in [2.05, 4.69) is 0 Å². The molecule has 2 aromatic rings. The van der Waals surface area contributed by atoms with Crippen LogP contribution in [0, 0.1) is 5.92 Å². The molecule has 0 aliphatic rings. The van der Waals surface area contributed by atoms with Crippen LogP contribution in [0.15, 0.2) is 48.6 Å². The van der Waals surface area contributed by atoms with Crippen LogP contribution in [0.3, 0.4) is 0 Å². The Morgan fingerprint density at radius 3 is 1.44 bits per heavy atom. The van der Waals surface area contributed by atoms with Crippen LogP contribution in [-0.4, -0.2) is 45.6 Å². The van der Waals surface area contributed by atoms with E-state index < -0.39 is 18.2 Å². The highest BCUT2D eigenvalue weighted by Gasteiger charge is 2.46. The van der Waals surface area contributed by atoms with Crippen LogP contribution in [-0.2, 0) is 4.57 Å². The topological polar surface area (TPSA) is 88.1 Å². The minimum Gasteiger partial charge on any atom is -0.496 e. The Kier molecular flexibility index (Phi) is 8.67. The third-order valence-corrected chi connectivity index (χ3v) is 7.86. The summed E-state index contributed by atoms with van der Waals surface area (Å²) < 4.78 is 35.8. The van der Waals surface area contributed by atoms with Gasteiger partial charge in [-0.15, -0.1) is 0 Å². The number of ether oxygens (including phenoxy) is 4. The van der Waals surface area contributed by atoms with Crippen molar-refractivity contribution < 1.29 is 33.1 Å². The maximum Gasteiger partial charge on any atom is 0.236 e. The molecule has 0 aliphatic carbocycles. The van der Waals surface area contributed by atoms with Crippen LogP contribution in [0.25, 0.3) is 0 Å². The molecule has 172 valence electrons. The zero-order valence-corrected chi connectivity index (χ0v) is 20.1. The third-order valence-electron chi connectivity index (χ3n) is 5.01. The largest absolute Gasteiger partial charge is 0.496 e. The number of hydrogen-bond donors (Lipinski definition) is 0. The summed E-state index contributed by atoms with van der Waals surface area (Å²) >= 11 is 0. The molecule has 0 bridgehead atoms. The van der Waals surface area contributed by atoms with Crippen LogP contribution in [0.4, 0.5) is 0 Å². The predicted molar refractivity (Wildman–Crippen MR) is 124 cm³/mol. The van der Waals surface area contributed by atoms with Crippen molar-refractivity contribution in [2.24, 2.45) is 5.92 Å². The maximum atomic E-state index is 14.4. The molecule has 0 saturated carbocycles. The van der Waals surface area contributed by atoms with Crippen molar-refractivity contribution in [3.05, 3.63) is 59.7 Å². The van der Waals surface area contributed by atoms with Gasteiger partial charge in [0.1, 0.15) is 34.1 Å². The highest BCUT2D eigenvalue weighted by molar-refractivity contribution is 7.95. The van der Waals surface area contributed by atoms with Crippen molar-refractivity contribution >= 4 is 18.2 Å². The van der Waals surface area contributed by atoms with Crippen LogP contribution in [0.1, 0.15) is 34.6 Å². The van der Waals surface area contributed by atoms with E-state index in [-0.39, 0.29) is 46.2 Å². The van der Waals surface area contributed by atoms with E-state index in [9.17, 15) is 14.2 Å². The van der Waals surface area contributed by atoms with Crippen molar-refractivity contribution in [2.75, 3.05) is 34.6 Å². The number of allylic oxidation sites excluding steroid dienone is 2. The SMILES string of the molecule is C/C=C/C(C)CP(=O)(C(=O)c1c(OC)cccc1OC)C(=O)c1c(OC)cccc1OC. The third kappa shape index (κ3) is 4.89. The van der Waals surface area contributed by atoms with Crippen LogP contribution < -0.4 is 18.9 Å². The first-order chi connectivity index (χ1) is 15.3. The van der Waals surface area contributed by atoms with Crippen molar-refractivity contribution in [1.82, 2.24) is 0 Å². The quantitative estimate of drug-likeness (QED) is 0.333. The summed E-state index contributed by atoms with van der Waals surface area (Å²) in [7, 11) is 1.33. The molecule has 0 radical (unpaired) electrons. The van der Waals surface area contributed by atoms with Crippen molar-refractivity contribution in [1.29, 1.82) is 0 Å². The molecule has 0 aromatic heterocycles. The highest BCUT2D eigenvalue weighted by atomic mass is 31.2. The van der Waals surface area contributed by atoms with E-state index in [1.807, 2.05) is 6.92 Å². The molecule has 0 aliphatic heterocycles. The number of hydrogen-bond acceptors (Lipinski definition) is 7. The van der Waals surface area contributed by atoms with Gasteiger partial charge in [-0.1, -0.05) is 31.2 Å². The fraction of sp³-hybridized carbons (Fsp3) is 0.333. The lowest BCUT2D eigenvalue weighted by Crippen LogP contribution is -2.19. The van der Waals surface area contributed by atoms with E-state index in [1.165, 1.54) is 28.4 Å². The van der Waals surface area contributed by atoms with Gasteiger partial charge in [0.2, 0.25) is 18.2 Å². The summed E-state index contributed by atoms with van der Waals surface area (Å²) in [6.45, 7) is 3.61. The average molecular weight is 460 g/mol. The molecular formula is C24H29O7P. The molecule has 0 amide bonds. The van der Waals surface area contributed by atoms with E-state index in [0.717, 1.165) is 0 Å². The normalized spacial score (nSPS) is 12.3. The number of carbonyl (C=O) groups is 2. The Bertz CT molecular complexity index is 942. The van der Waals surface area contributed by atoms with Gasteiger partial charge in [0, 0.05) is 6.16 Å². The predicted octanol–water partition coefficient (Wildman–Crippen LogP) is 5.28. The molecule has 32 heavy (non-hydrogen) atoms. The van der Waals surface area contributed by atoms with Gasteiger partial charge in [-0.3, -0.25) is 9.59 Å². The van der Waals surface area contributed by atoms with Crippen LogP contribution in [0.2, 0.25) is 0 Å². The molecule has 0 fully saturated rings. The monoisotopic (exact) mass is 460 g/mol. The lowest BCUT2D eigenvalue weighted by molar-refractivity contribution is 0.103. The fourth-order valence-corrected chi connectivity index (χ4v) is 6.15. The maximum absolute atomic E-state index is 14.4. The van der Waals surface area contributed by atoms with E-state index in [1.54, 1.807) is 55.5 Å². The fourth-order valence-electron chi connectivity index (χ4n) is 3.54. The molecule has 0 heterocycles. The Morgan fingerprint density at radius 1 is 0.812 bits per heavy atom. The second kappa shape index (κ2) is 11.0. The van der Waals surface area contributed by atoms with E-state index in [4.69, 9.17) is 18.9 Å². The Hall–Kier alpha value is -3.05. The molecule has 1 unspecified atom stereocenters. The summed E-state index contributed by atoms with van der Waals surface area (Å²) in [6, 6.07) is 9.53. The summed E-state index contributed by atoms with van der Waals surface area (Å²) in [6.07, 6.45) is 3.42. The lowest BCUT2D eigenvalue weighted by Gasteiger charge is -2.22. The van der Waals surface area contributed by atoms with Crippen LogP contribution >= 0.6 is 7.14 Å². The average Bonchev–Trinajstić information content (AvgIpc) is 2.81. The first kappa shape index (κ1) is 25.2. The zero-order chi connectivity index (χ0) is 23.9. The summed E-state index contributed by atoms with van der Waals surface area (Å²) in [5.74, 6) is 0.391. The zero-order valence-electron chi connectivity index (χ0n) is 19.2. The number of rotatable bonds is 11. The number of benzene rings is 2. The molecule has 1 atom stereocenters. The molecular weight excluding hydrogens is 431 g/mol. The van der Waals surface area contributed by atoms with Crippen molar-refractivity contribution in [2.45, 2.75) is 13.8 Å². The standard InChI is InChI=1S/C24H29O7P/c1-7-10-16(2)15-32(27,23(25)21-17(28-3)11-8-12-18(21)29-4)24(26)22-19(30-5)13-9-14-20(22)31-6/h7-14,16H,15H2,1-6H3/b10-7+. The van der Waals surface area contributed by atoms with Gasteiger partial charge in [0.25, 0.3) is 0 Å². The minimum absolute atomic E-state index is 0.0317. The molecule has 7 nitrogen and oxygen atoms in total. The van der Waals surface area contributed by atoms with Gasteiger partial charge in [0.15, 0.2) is 0 Å². The van der Waals surface area contributed by atoms with Gasteiger partial charge in [-0.05, 0) is 37.1 Å². The van der Waals surface area contributed by atoms with Gasteiger partial charge >= 0.3 is 0 Å². The highest BCUT2D eigenvalue weighted by Crippen LogP contribution is 2.57. The minimum atomic E-state index is -4.24. The number of methoxy groups -OCH3 is 4. The van der Waals surface area contributed by atoms with Gasteiger partial charge < -0.3 is 23.5 Å². The van der Waals surface area contributed by atoms with Crippen molar-refractivity contribution in [3.8, 4) is 23.0 Å². The summed E-state index contributed by atoms with van der Waals surface area (Å²) in [5.41, 5.74) is -1.73. The first-order valence-corrected chi connectivity index (χ1v) is 11.9. The smallest absolute Gasteiger partial charge is 0.236 e. The van der Waals surface area contributed by atoms with E-state index in [0.29, 0.717) is 0 Å². The summed E-state index contributed by atoms with van der Waals surface area (Å²) in [4.78, 5) is 27.7. The second-order valence-corrected chi connectivity index (χ2v) is 9.77. The number of carbonyl (C=O) groups excluding carboxylic acids is 2.